The summed E-state index contributed by atoms with van der Waals surface area (Å²) in [4.78, 5) is 13.3. The number of pyridine rings is 1. The van der Waals surface area contributed by atoms with Gasteiger partial charge in [-0.3, -0.25) is 0 Å². The van der Waals surface area contributed by atoms with E-state index in [-0.39, 0.29) is 17.7 Å². The van der Waals surface area contributed by atoms with Gasteiger partial charge in [0.2, 0.25) is 5.88 Å². The Hall–Kier alpha value is -3.23. The first kappa shape index (κ1) is 23.5. The fourth-order valence-corrected chi connectivity index (χ4v) is 4.80. The largest absolute Gasteiger partial charge is 0.477 e. The Labute approximate surface area is 204 Å². The van der Waals surface area contributed by atoms with E-state index in [2.05, 4.69) is 38.8 Å². The van der Waals surface area contributed by atoms with E-state index in [0.29, 0.717) is 36.5 Å². The van der Waals surface area contributed by atoms with Crippen molar-refractivity contribution < 1.29 is 18.0 Å². The van der Waals surface area contributed by atoms with Crippen LogP contribution < -0.4 is 14.5 Å². The molecule has 1 aromatic carbocycles. The standard InChI is InChI=1S/C26H31F2N5O2/c1-17(2)25-30-26(35-31-25)32-10-7-18(8-11-32)16-34-24-6-4-21(14-29-24)33-12-9-19(15-33)22-13-20(27)3-5-23(22)28/h3-6,13-14,17-19H,7-12,15-16H2,1-2H3/t19-/m0/s1. The molecule has 2 saturated heterocycles. The minimum Gasteiger partial charge on any atom is -0.477 e. The van der Waals surface area contributed by atoms with Crippen molar-refractivity contribution in [3.63, 3.8) is 0 Å². The van der Waals surface area contributed by atoms with E-state index in [1.165, 1.54) is 12.1 Å². The van der Waals surface area contributed by atoms with Crippen LogP contribution in [0.15, 0.2) is 41.1 Å². The quantitative estimate of drug-likeness (QED) is 0.460. The maximum Gasteiger partial charge on any atom is 0.324 e. The fourth-order valence-electron chi connectivity index (χ4n) is 4.80. The summed E-state index contributed by atoms with van der Waals surface area (Å²) < 4.78 is 39.1. The van der Waals surface area contributed by atoms with Crippen LogP contribution >= 0.6 is 0 Å². The Bertz CT molecular complexity index is 1130. The first-order chi connectivity index (χ1) is 17.0. The van der Waals surface area contributed by atoms with Gasteiger partial charge in [-0.25, -0.2) is 13.8 Å². The lowest BCUT2D eigenvalue weighted by Gasteiger charge is -2.30. The van der Waals surface area contributed by atoms with Crippen molar-refractivity contribution in [1.82, 2.24) is 15.1 Å². The summed E-state index contributed by atoms with van der Waals surface area (Å²) >= 11 is 0. The van der Waals surface area contributed by atoms with Crippen molar-refractivity contribution in [2.24, 2.45) is 5.92 Å². The minimum atomic E-state index is -0.399. The number of rotatable bonds is 7. The summed E-state index contributed by atoms with van der Waals surface area (Å²) in [5.74, 6) is 1.26. The lowest BCUT2D eigenvalue weighted by molar-refractivity contribution is 0.213. The number of piperidine rings is 1. The molecule has 2 aliphatic rings. The predicted molar refractivity (Wildman–Crippen MR) is 129 cm³/mol. The van der Waals surface area contributed by atoms with Gasteiger partial charge in [0, 0.05) is 44.1 Å². The fraction of sp³-hybridized carbons (Fsp3) is 0.500. The highest BCUT2D eigenvalue weighted by molar-refractivity contribution is 5.47. The molecule has 2 aromatic heterocycles. The molecule has 0 bridgehead atoms. The highest BCUT2D eigenvalue weighted by atomic mass is 19.1. The third-order valence-electron chi connectivity index (χ3n) is 6.97. The number of nitrogens with zero attached hydrogens (tertiary/aromatic N) is 5. The summed E-state index contributed by atoms with van der Waals surface area (Å²) in [5.41, 5.74) is 1.41. The lowest BCUT2D eigenvalue weighted by atomic mass is 9.98. The molecule has 7 nitrogen and oxygen atoms in total. The van der Waals surface area contributed by atoms with Crippen LogP contribution in [0.3, 0.4) is 0 Å². The van der Waals surface area contributed by atoms with Gasteiger partial charge in [-0.2, -0.15) is 4.98 Å². The highest BCUT2D eigenvalue weighted by Gasteiger charge is 2.27. The lowest BCUT2D eigenvalue weighted by Crippen LogP contribution is -2.35. The number of halogens is 2. The van der Waals surface area contributed by atoms with Crippen LogP contribution in [0.25, 0.3) is 0 Å². The molecular formula is C26H31F2N5O2. The third-order valence-corrected chi connectivity index (χ3v) is 6.97. The summed E-state index contributed by atoms with van der Waals surface area (Å²) in [5, 5.41) is 4.05. The zero-order chi connectivity index (χ0) is 24.4. The van der Waals surface area contributed by atoms with Crippen molar-refractivity contribution >= 4 is 11.7 Å². The van der Waals surface area contributed by atoms with E-state index in [0.717, 1.165) is 56.5 Å². The molecule has 2 aliphatic heterocycles. The topological polar surface area (TPSA) is 67.5 Å². The van der Waals surface area contributed by atoms with E-state index >= 15 is 0 Å². The number of anilines is 2. The van der Waals surface area contributed by atoms with Crippen LogP contribution in [-0.2, 0) is 0 Å². The average molecular weight is 484 g/mol. The van der Waals surface area contributed by atoms with Crippen molar-refractivity contribution in [3.8, 4) is 5.88 Å². The zero-order valence-electron chi connectivity index (χ0n) is 20.2. The number of hydrogen-bond acceptors (Lipinski definition) is 7. The van der Waals surface area contributed by atoms with Gasteiger partial charge in [-0.15, -0.1) is 0 Å². The normalized spacial score (nSPS) is 19.1. The molecule has 1 atom stereocenters. The van der Waals surface area contributed by atoms with Crippen molar-refractivity contribution in [2.75, 3.05) is 42.6 Å². The van der Waals surface area contributed by atoms with Gasteiger partial charge in [0.15, 0.2) is 5.82 Å². The molecular weight excluding hydrogens is 452 g/mol. The molecule has 35 heavy (non-hydrogen) atoms. The van der Waals surface area contributed by atoms with Crippen molar-refractivity contribution in [1.29, 1.82) is 0 Å². The molecule has 0 aliphatic carbocycles. The van der Waals surface area contributed by atoms with Crippen molar-refractivity contribution in [3.05, 3.63) is 59.6 Å². The number of benzene rings is 1. The van der Waals surface area contributed by atoms with E-state index in [9.17, 15) is 8.78 Å². The van der Waals surface area contributed by atoms with Gasteiger partial charge in [-0.05, 0) is 55.0 Å². The van der Waals surface area contributed by atoms with E-state index in [1.807, 2.05) is 12.1 Å². The van der Waals surface area contributed by atoms with Crippen LogP contribution in [0.5, 0.6) is 5.88 Å². The Morgan fingerprint density at radius 1 is 1.06 bits per heavy atom. The van der Waals surface area contributed by atoms with Gasteiger partial charge >= 0.3 is 6.01 Å². The average Bonchev–Trinajstić information content (AvgIpc) is 3.56. The predicted octanol–water partition coefficient (Wildman–Crippen LogP) is 5.16. The molecule has 0 radical (unpaired) electrons. The van der Waals surface area contributed by atoms with Crippen molar-refractivity contribution in [2.45, 2.75) is 44.9 Å². The first-order valence-electron chi connectivity index (χ1n) is 12.3. The molecule has 0 spiro atoms. The Morgan fingerprint density at radius 2 is 1.86 bits per heavy atom. The van der Waals surface area contributed by atoms with Gasteiger partial charge < -0.3 is 19.1 Å². The van der Waals surface area contributed by atoms with Gasteiger partial charge in [-0.1, -0.05) is 19.0 Å². The van der Waals surface area contributed by atoms with E-state index in [4.69, 9.17) is 9.26 Å². The second kappa shape index (κ2) is 10.2. The maximum atomic E-state index is 14.2. The van der Waals surface area contributed by atoms with Crippen LogP contribution in [0.2, 0.25) is 0 Å². The molecule has 186 valence electrons. The summed E-state index contributed by atoms with van der Waals surface area (Å²) in [6, 6.07) is 8.15. The molecule has 2 fully saturated rings. The highest BCUT2D eigenvalue weighted by Crippen LogP contribution is 2.33. The van der Waals surface area contributed by atoms with Gasteiger partial charge in [0.05, 0.1) is 18.5 Å². The van der Waals surface area contributed by atoms with Gasteiger partial charge in [0.25, 0.3) is 0 Å². The number of aromatic nitrogens is 3. The summed E-state index contributed by atoms with van der Waals surface area (Å²) in [6.45, 7) is 7.86. The molecule has 9 heteroatoms. The molecule has 0 saturated carbocycles. The molecule has 0 unspecified atom stereocenters. The number of hydrogen-bond donors (Lipinski definition) is 0. The van der Waals surface area contributed by atoms with Crippen LogP contribution in [-0.4, -0.2) is 47.9 Å². The van der Waals surface area contributed by atoms with E-state index < -0.39 is 5.82 Å². The van der Waals surface area contributed by atoms with Crippen LogP contribution in [0.1, 0.15) is 56.3 Å². The Morgan fingerprint density at radius 3 is 2.57 bits per heavy atom. The molecule has 0 amide bonds. The monoisotopic (exact) mass is 483 g/mol. The maximum absolute atomic E-state index is 14.2. The van der Waals surface area contributed by atoms with E-state index in [1.54, 1.807) is 6.20 Å². The van der Waals surface area contributed by atoms with Gasteiger partial charge in [0.1, 0.15) is 11.6 Å². The SMILES string of the molecule is CC(C)c1noc(N2CCC(COc3ccc(N4CC[C@H](c5cc(F)ccc5F)C4)cn3)CC2)n1. The Balaban J connectivity index is 1.09. The molecule has 4 heterocycles. The summed E-state index contributed by atoms with van der Waals surface area (Å²) in [7, 11) is 0. The molecule has 0 N–H and O–H groups in total. The summed E-state index contributed by atoms with van der Waals surface area (Å²) in [6.07, 6.45) is 4.55. The number of ether oxygens (including phenoxy) is 1. The van der Waals surface area contributed by atoms with Crippen LogP contribution in [0.4, 0.5) is 20.5 Å². The first-order valence-corrected chi connectivity index (χ1v) is 12.3. The smallest absolute Gasteiger partial charge is 0.324 e. The third kappa shape index (κ3) is 5.39. The van der Waals surface area contributed by atoms with Crippen LogP contribution in [0, 0.1) is 17.6 Å². The Kier molecular flexibility index (Phi) is 6.83. The minimum absolute atomic E-state index is 0.0309. The second-order valence-electron chi connectivity index (χ2n) is 9.78. The second-order valence-corrected chi connectivity index (χ2v) is 9.78. The zero-order valence-corrected chi connectivity index (χ0v) is 20.2. The molecule has 5 rings (SSSR count). The molecule has 3 aromatic rings.